The maximum atomic E-state index is 5.16. The minimum Gasteiger partial charge on any atom is -0.447 e. The first-order valence-corrected chi connectivity index (χ1v) is 5.78. The smallest absolute Gasteiger partial charge is 0.180 e. The Labute approximate surface area is 109 Å². The predicted molar refractivity (Wildman–Crippen MR) is 67.7 cm³/mol. The van der Waals surface area contributed by atoms with E-state index in [0.29, 0.717) is 6.54 Å². The molecule has 3 aromatic rings. The average molecular weight is 256 g/mol. The normalized spacial score (nSPS) is 10.6. The van der Waals surface area contributed by atoms with Crippen molar-refractivity contribution >= 4 is 5.69 Å². The number of rotatable bonds is 4. The molecule has 0 saturated heterocycles. The van der Waals surface area contributed by atoms with Crippen LogP contribution in [0.1, 0.15) is 11.3 Å². The summed E-state index contributed by atoms with van der Waals surface area (Å²) in [5, 5.41) is 14.4. The molecule has 0 aliphatic rings. The Morgan fingerprint density at radius 3 is 3.00 bits per heavy atom. The Hall–Kier alpha value is -2.70. The van der Waals surface area contributed by atoms with Crippen LogP contribution in [0.3, 0.4) is 0 Å². The van der Waals surface area contributed by atoms with Crippen molar-refractivity contribution in [3.8, 4) is 5.69 Å². The summed E-state index contributed by atoms with van der Waals surface area (Å²) in [4.78, 5) is 3.87. The SMILES string of the molecule is Cc1cc(NCc2cnco2)ccc1-n1cnnn1. The summed E-state index contributed by atoms with van der Waals surface area (Å²) in [6.45, 7) is 2.61. The average Bonchev–Trinajstić information content (AvgIpc) is 3.10. The number of nitrogens with one attached hydrogen (secondary N) is 1. The van der Waals surface area contributed by atoms with Gasteiger partial charge in [0.1, 0.15) is 12.1 Å². The van der Waals surface area contributed by atoms with Gasteiger partial charge in [-0.25, -0.2) is 9.67 Å². The highest BCUT2D eigenvalue weighted by molar-refractivity contribution is 5.53. The third kappa shape index (κ3) is 2.44. The molecule has 1 aromatic carbocycles. The molecule has 0 unspecified atom stereocenters. The van der Waals surface area contributed by atoms with Gasteiger partial charge in [-0.2, -0.15) is 0 Å². The van der Waals surface area contributed by atoms with Crippen LogP contribution in [0.5, 0.6) is 0 Å². The van der Waals surface area contributed by atoms with Crippen LogP contribution in [-0.2, 0) is 6.54 Å². The van der Waals surface area contributed by atoms with Gasteiger partial charge in [-0.3, -0.25) is 0 Å². The molecule has 0 atom stereocenters. The van der Waals surface area contributed by atoms with E-state index in [1.165, 1.54) is 6.39 Å². The lowest BCUT2D eigenvalue weighted by atomic mass is 10.2. The van der Waals surface area contributed by atoms with Crippen LogP contribution in [0.25, 0.3) is 5.69 Å². The Morgan fingerprint density at radius 2 is 2.32 bits per heavy atom. The topological polar surface area (TPSA) is 81.7 Å². The van der Waals surface area contributed by atoms with Crippen molar-refractivity contribution in [2.75, 3.05) is 5.32 Å². The Kier molecular flexibility index (Phi) is 2.93. The standard InChI is InChI=1S/C12H12N6O/c1-9-4-10(14-6-11-5-13-8-19-11)2-3-12(9)18-7-15-16-17-18/h2-5,7-8,14H,6H2,1H3. The minimum atomic E-state index is 0.601. The van der Waals surface area contributed by atoms with Gasteiger partial charge >= 0.3 is 0 Å². The van der Waals surface area contributed by atoms with E-state index < -0.39 is 0 Å². The zero-order chi connectivity index (χ0) is 13.1. The summed E-state index contributed by atoms with van der Waals surface area (Å²) in [5.41, 5.74) is 3.04. The van der Waals surface area contributed by atoms with Gasteiger partial charge in [-0.1, -0.05) is 0 Å². The first kappa shape index (κ1) is 11.4. The lowest BCUT2D eigenvalue weighted by Gasteiger charge is -2.08. The summed E-state index contributed by atoms with van der Waals surface area (Å²) in [6, 6.07) is 5.97. The molecule has 0 aliphatic heterocycles. The fourth-order valence-electron chi connectivity index (χ4n) is 1.81. The van der Waals surface area contributed by atoms with E-state index in [0.717, 1.165) is 22.7 Å². The van der Waals surface area contributed by atoms with Gasteiger partial charge in [0.05, 0.1) is 18.4 Å². The molecular formula is C12H12N6O. The van der Waals surface area contributed by atoms with Crippen molar-refractivity contribution in [3.05, 3.63) is 48.4 Å². The van der Waals surface area contributed by atoms with Crippen LogP contribution in [0, 0.1) is 6.92 Å². The number of nitrogens with zero attached hydrogens (tertiary/aromatic N) is 5. The maximum absolute atomic E-state index is 5.16. The zero-order valence-electron chi connectivity index (χ0n) is 10.3. The van der Waals surface area contributed by atoms with Crippen LogP contribution >= 0.6 is 0 Å². The van der Waals surface area contributed by atoms with E-state index in [-0.39, 0.29) is 0 Å². The van der Waals surface area contributed by atoms with Gasteiger partial charge in [-0.05, 0) is 41.1 Å². The van der Waals surface area contributed by atoms with Gasteiger partial charge < -0.3 is 9.73 Å². The molecule has 19 heavy (non-hydrogen) atoms. The second-order valence-electron chi connectivity index (χ2n) is 4.08. The van der Waals surface area contributed by atoms with Crippen molar-refractivity contribution in [2.24, 2.45) is 0 Å². The summed E-state index contributed by atoms with van der Waals surface area (Å²) < 4.78 is 6.80. The first-order chi connectivity index (χ1) is 9.33. The largest absolute Gasteiger partial charge is 0.447 e. The van der Waals surface area contributed by atoms with Gasteiger partial charge in [0.25, 0.3) is 0 Å². The third-order valence-electron chi connectivity index (χ3n) is 2.74. The van der Waals surface area contributed by atoms with Crippen LogP contribution in [0.2, 0.25) is 0 Å². The number of hydrogen-bond acceptors (Lipinski definition) is 6. The van der Waals surface area contributed by atoms with Gasteiger partial charge in [0.15, 0.2) is 6.39 Å². The van der Waals surface area contributed by atoms with Crippen molar-refractivity contribution in [3.63, 3.8) is 0 Å². The van der Waals surface area contributed by atoms with Crippen LogP contribution < -0.4 is 5.32 Å². The number of tetrazole rings is 1. The second-order valence-corrected chi connectivity index (χ2v) is 4.08. The highest BCUT2D eigenvalue weighted by atomic mass is 16.3. The number of hydrogen-bond donors (Lipinski definition) is 1. The highest BCUT2D eigenvalue weighted by Gasteiger charge is 2.04. The Bertz CT molecular complexity index is 647. The van der Waals surface area contributed by atoms with Crippen LogP contribution in [0.4, 0.5) is 5.69 Å². The lowest BCUT2D eigenvalue weighted by Crippen LogP contribution is -2.01. The van der Waals surface area contributed by atoms with E-state index in [1.807, 2.05) is 25.1 Å². The number of anilines is 1. The van der Waals surface area contributed by atoms with Gasteiger partial charge in [-0.15, -0.1) is 5.10 Å². The molecule has 2 aromatic heterocycles. The molecule has 0 spiro atoms. The maximum Gasteiger partial charge on any atom is 0.180 e. The lowest BCUT2D eigenvalue weighted by molar-refractivity contribution is 0.512. The molecule has 0 fully saturated rings. The Balaban J connectivity index is 1.76. The zero-order valence-corrected chi connectivity index (χ0v) is 10.3. The Morgan fingerprint density at radius 1 is 1.37 bits per heavy atom. The van der Waals surface area contributed by atoms with Gasteiger partial charge in [0.2, 0.25) is 0 Å². The van der Waals surface area contributed by atoms with Crippen LogP contribution in [-0.4, -0.2) is 25.2 Å². The van der Waals surface area contributed by atoms with E-state index in [2.05, 4.69) is 25.8 Å². The summed E-state index contributed by atoms with van der Waals surface area (Å²) in [6.07, 6.45) is 4.68. The molecule has 0 saturated carbocycles. The van der Waals surface area contributed by atoms with Crippen molar-refractivity contribution < 1.29 is 4.42 Å². The van der Waals surface area contributed by atoms with Crippen LogP contribution in [0.15, 0.2) is 41.5 Å². The number of oxazole rings is 1. The van der Waals surface area contributed by atoms with Crippen molar-refractivity contribution in [1.29, 1.82) is 0 Å². The molecule has 0 bridgehead atoms. The third-order valence-corrected chi connectivity index (χ3v) is 2.74. The number of benzene rings is 1. The second kappa shape index (κ2) is 4.89. The van der Waals surface area contributed by atoms with Crippen molar-refractivity contribution in [2.45, 2.75) is 13.5 Å². The van der Waals surface area contributed by atoms with E-state index in [1.54, 1.807) is 17.2 Å². The van der Waals surface area contributed by atoms with Crippen molar-refractivity contribution in [1.82, 2.24) is 25.2 Å². The molecule has 0 amide bonds. The molecule has 2 heterocycles. The molecular weight excluding hydrogens is 244 g/mol. The first-order valence-electron chi connectivity index (χ1n) is 5.78. The number of aryl methyl sites for hydroxylation is 1. The molecule has 0 aliphatic carbocycles. The molecule has 7 heteroatoms. The number of aromatic nitrogens is 5. The molecule has 1 N–H and O–H groups in total. The van der Waals surface area contributed by atoms with E-state index in [9.17, 15) is 0 Å². The fraction of sp³-hybridized carbons (Fsp3) is 0.167. The monoisotopic (exact) mass is 256 g/mol. The highest BCUT2D eigenvalue weighted by Crippen LogP contribution is 2.18. The molecule has 0 radical (unpaired) electrons. The summed E-state index contributed by atoms with van der Waals surface area (Å²) in [7, 11) is 0. The molecule has 3 rings (SSSR count). The molecule has 7 nitrogen and oxygen atoms in total. The van der Waals surface area contributed by atoms with E-state index in [4.69, 9.17) is 4.42 Å². The van der Waals surface area contributed by atoms with E-state index >= 15 is 0 Å². The van der Waals surface area contributed by atoms with Gasteiger partial charge in [0, 0.05) is 5.69 Å². The fourth-order valence-corrected chi connectivity index (χ4v) is 1.81. The summed E-state index contributed by atoms with van der Waals surface area (Å²) in [5.74, 6) is 0.794. The minimum absolute atomic E-state index is 0.601. The summed E-state index contributed by atoms with van der Waals surface area (Å²) >= 11 is 0. The molecule has 96 valence electrons. The predicted octanol–water partition coefficient (Wildman–Crippen LogP) is 1.57. The quantitative estimate of drug-likeness (QED) is 0.763.